The molecular weight excluding hydrogens is 573 g/mol. The van der Waals surface area contributed by atoms with Gasteiger partial charge in [-0.25, -0.2) is 9.78 Å². The maximum atomic E-state index is 11.3. The predicted molar refractivity (Wildman–Crippen MR) is 150 cm³/mol. The van der Waals surface area contributed by atoms with Crippen molar-refractivity contribution in [1.29, 1.82) is 5.26 Å². The second-order valence-electron chi connectivity index (χ2n) is 9.90. The van der Waals surface area contributed by atoms with Crippen molar-refractivity contribution in [2.75, 3.05) is 13.1 Å². The maximum absolute atomic E-state index is 11.3. The van der Waals surface area contributed by atoms with Gasteiger partial charge in [0, 0.05) is 17.7 Å². The Morgan fingerprint density at radius 3 is 2.40 bits per heavy atom. The maximum Gasteiger partial charge on any atom is 0.490 e. The Hall–Kier alpha value is -4.02. The van der Waals surface area contributed by atoms with Gasteiger partial charge in [0.2, 0.25) is 0 Å². The van der Waals surface area contributed by atoms with E-state index in [2.05, 4.69) is 34.4 Å². The molecule has 1 aliphatic rings. The van der Waals surface area contributed by atoms with Crippen LogP contribution in [0.25, 0.3) is 22.0 Å². The number of halogens is 3. The molecule has 0 radical (unpaired) electrons. The number of carboxylic acids is 2. The lowest BCUT2D eigenvalue weighted by atomic mass is 9.94. The number of alkyl halides is 3. The van der Waals surface area contributed by atoms with Crippen molar-refractivity contribution < 1.29 is 37.7 Å². The number of likely N-dealkylation sites (tertiary alicyclic amines) is 1. The minimum atomic E-state index is -5.08. The summed E-state index contributed by atoms with van der Waals surface area (Å²) in [5.74, 6) is -2.41. The molecule has 0 spiro atoms. The summed E-state index contributed by atoms with van der Waals surface area (Å²) in [6.07, 6.45) is -2.85. The van der Waals surface area contributed by atoms with E-state index in [4.69, 9.17) is 19.6 Å². The summed E-state index contributed by atoms with van der Waals surface area (Å²) in [5, 5.41) is 26.7. The van der Waals surface area contributed by atoms with Gasteiger partial charge in [0.1, 0.15) is 16.8 Å². The second kappa shape index (κ2) is 14.2. The normalized spacial score (nSPS) is 14.1. The van der Waals surface area contributed by atoms with Crippen LogP contribution in [-0.2, 0) is 22.6 Å². The van der Waals surface area contributed by atoms with E-state index < -0.39 is 18.1 Å². The zero-order chi connectivity index (χ0) is 31.0. The smallest absolute Gasteiger partial charge is 0.490 e. The monoisotopic (exact) mass is 604 g/mol. The molecule has 0 saturated carbocycles. The fraction of sp³-hybridized carbons (Fsp3) is 0.414. The molecule has 2 aromatic carbocycles. The summed E-state index contributed by atoms with van der Waals surface area (Å²) in [4.78, 5) is 27.3. The SMILES string of the molecule is CCc1c(CN2CCC(C(=O)O)CC2)cccc1-c1nsc(-c2ccc(OC(C)C)c(C#N)c2)n1.O=C(O)C(F)(F)F. The van der Waals surface area contributed by atoms with Gasteiger partial charge in [-0.1, -0.05) is 25.1 Å². The van der Waals surface area contributed by atoms with Crippen LogP contribution in [0.15, 0.2) is 36.4 Å². The molecule has 1 fully saturated rings. The molecule has 0 bridgehead atoms. The van der Waals surface area contributed by atoms with E-state index in [0.29, 0.717) is 30.0 Å². The van der Waals surface area contributed by atoms with Gasteiger partial charge in [-0.15, -0.1) is 0 Å². The van der Waals surface area contributed by atoms with Crippen molar-refractivity contribution in [2.45, 2.75) is 58.9 Å². The number of aliphatic carboxylic acids is 2. The first kappa shape index (κ1) is 32.5. The zero-order valence-electron chi connectivity index (χ0n) is 23.3. The molecule has 0 aliphatic carbocycles. The van der Waals surface area contributed by atoms with Crippen LogP contribution in [0.5, 0.6) is 5.75 Å². The molecule has 13 heteroatoms. The van der Waals surface area contributed by atoms with Crippen LogP contribution in [0.4, 0.5) is 13.2 Å². The lowest BCUT2D eigenvalue weighted by Gasteiger charge is -2.30. The molecule has 0 amide bonds. The summed E-state index contributed by atoms with van der Waals surface area (Å²) in [6.45, 7) is 8.39. The Morgan fingerprint density at radius 2 is 1.86 bits per heavy atom. The topological polar surface area (TPSA) is 137 Å². The first-order chi connectivity index (χ1) is 19.8. The molecule has 224 valence electrons. The van der Waals surface area contributed by atoms with E-state index in [-0.39, 0.29) is 12.0 Å². The van der Waals surface area contributed by atoms with Crippen LogP contribution in [0.3, 0.4) is 0 Å². The van der Waals surface area contributed by atoms with Gasteiger partial charge in [0.15, 0.2) is 5.82 Å². The number of aromatic nitrogens is 2. The highest BCUT2D eigenvalue weighted by Gasteiger charge is 2.38. The van der Waals surface area contributed by atoms with Crippen LogP contribution in [0.2, 0.25) is 0 Å². The molecule has 3 aromatic rings. The minimum absolute atomic E-state index is 0.00985. The first-order valence-electron chi connectivity index (χ1n) is 13.2. The Morgan fingerprint density at radius 1 is 1.19 bits per heavy atom. The Labute approximate surface area is 245 Å². The van der Waals surface area contributed by atoms with Gasteiger partial charge in [-0.05, 0) is 87.1 Å². The number of rotatable bonds is 8. The highest BCUT2D eigenvalue weighted by Crippen LogP contribution is 2.33. The largest absolute Gasteiger partial charge is 0.490 e. The van der Waals surface area contributed by atoms with Gasteiger partial charge in [-0.2, -0.15) is 22.8 Å². The molecular formula is C29H31F3N4O5S. The molecule has 0 atom stereocenters. The van der Waals surface area contributed by atoms with E-state index >= 15 is 0 Å². The standard InChI is InChI=1S/C27H30N4O3S.C2HF3O2/c1-4-22-20(16-31-12-10-18(11-13-31)27(32)33)6-5-7-23(22)25-29-26(35-30-25)19-8-9-24(34-17(2)3)21(14-19)15-28;3-2(4,5)1(6)7/h5-9,14,17-18H,4,10-13,16H2,1-3H3,(H,32,33);(H,6,7). The third-order valence-corrected chi connectivity index (χ3v) is 7.34. The van der Waals surface area contributed by atoms with Crippen molar-refractivity contribution in [1.82, 2.24) is 14.3 Å². The molecule has 2 heterocycles. The number of ether oxygens (including phenoxy) is 1. The first-order valence-corrected chi connectivity index (χ1v) is 14.0. The van der Waals surface area contributed by atoms with Crippen LogP contribution in [0.1, 0.15) is 50.3 Å². The van der Waals surface area contributed by atoms with Gasteiger partial charge in [0.25, 0.3) is 0 Å². The summed E-state index contributed by atoms with van der Waals surface area (Å²) >= 11 is 1.32. The van der Waals surface area contributed by atoms with Gasteiger partial charge < -0.3 is 14.9 Å². The lowest BCUT2D eigenvalue weighted by molar-refractivity contribution is -0.192. The summed E-state index contributed by atoms with van der Waals surface area (Å²) in [6, 6.07) is 14.0. The number of piperidine rings is 1. The average Bonchev–Trinajstić information content (AvgIpc) is 3.43. The second-order valence-corrected chi connectivity index (χ2v) is 10.7. The number of nitrogens with zero attached hydrogens (tertiary/aromatic N) is 4. The molecule has 42 heavy (non-hydrogen) atoms. The van der Waals surface area contributed by atoms with Crippen LogP contribution in [0, 0.1) is 17.2 Å². The molecule has 1 aliphatic heterocycles. The fourth-order valence-electron chi connectivity index (χ4n) is 4.55. The van der Waals surface area contributed by atoms with Gasteiger partial charge >= 0.3 is 18.1 Å². The number of hydrogen-bond acceptors (Lipinski definition) is 8. The Kier molecular flexibility index (Phi) is 11.0. The van der Waals surface area contributed by atoms with Crippen molar-refractivity contribution in [2.24, 2.45) is 5.92 Å². The Bertz CT molecular complexity index is 1440. The fourth-order valence-corrected chi connectivity index (χ4v) is 5.22. The number of hydrogen-bond donors (Lipinski definition) is 2. The number of benzene rings is 2. The van der Waals surface area contributed by atoms with Gasteiger partial charge in [0.05, 0.1) is 17.6 Å². The third kappa shape index (κ3) is 8.50. The van der Waals surface area contributed by atoms with Gasteiger partial charge in [-0.3, -0.25) is 9.69 Å². The highest BCUT2D eigenvalue weighted by atomic mass is 32.1. The molecule has 9 nitrogen and oxygen atoms in total. The van der Waals surface area contributed by atoms with Crippen LogP contribution < -0.4 is 4.74 Å². The molecule has 1 saturated heterocycles. The van der Waals surface area contributed by atoms with Crippen molar-refractivity contribution in [3.8, 4) is 33.8 Å². The zero-order valence-corrected chi connectivity index (χ0v) is 24.1. The van der Waals surface area contributed by atoms with E-state index in [9.17, 15) is 28.3 Å². The highest BCUT2D eigenvalue weighted by molar-refractivity contribution is 7.09. The summed E-state index contributed by atoms with van der Waals surface area (Å²) < 4.78 is 42.1. The van der Waals surface area contributed by atoms with E-state index in [1.165, 1.54) is 22.7 Å². The molecule has 2 N–H and O–H groups in total. The van der Waals surface area contributed by atoms with E-state index in [1.54, 1.807) is 6.07 Å². The average molecular weight is 605 g/mol. The van der Waals surface area contributed by atoms with Crippen molar-refractivity contribution in [3.05, 3.63) is 53.1 Å². The minimum Gasteiger partial charge on any atom is -0.490 e. The summed E-state index contributed by atoms with van der Waals surface area (Å²) in [5.41, 5.74) is 4.80. The lowest BCUT2D eigenvalue weighted by Crippen LogP contribution is -2.36. The van der Waals surface area contributed by atoms with Crippen molar-refractivity contribution in [3.63, 3.8) is 0 Å². The molecule has 0 unspecified atom stereocenters. The molecule has 4 rings (SSSR count). The number of carbonyl (C=O) groups is 2. The third-order valence-electron chi connectivity index (χ3n) is 6.58. The predicted octanol–water partition coefficient (Wildman–Crippen LogP) is 6.02. The quantitative estimate of drug-likeness (QED) is 0.316. The number of nitriles is 1. The van der Waals surface area contributed by atoms with Crippen LogP contribution in [-0.4, -0.2) is 61.8 Å². The molecule has 1 aromatic heterocycles. The van der Waals surface area contributed by atoms with E-state index in [1.807, 2.05) is 32.0 Å². The van der Waals surface area contributed by atoms with E-state index in [0.717, 1.165) is 42.2 Å². The Balaban J connectivity index is 0.000000616. The summed E-state index contributed by atoms with van der Waals surface area (Å²) in [7, 11) is 0. The van der Waals surface area contributed by atoms with Crippen LogP contribution >= 0.6 is 11.5 Å². The van der Waals surface area contributed by atoms with Crippen molar-refractivity contribution >= 4 is 23.5 Å². The number of carboxylic acid groups (broad SMARTS) is 2.